The van der Waals surface area contributed by atoms with Crippen LogP contribution in [0.1, 0.15) is 12.8 Å². The highest BCUT2D eigenvalue weighted by atomic mass is 79.9. The molecule has 0 radical (unpaired) electrons. The number of halogens is 4. The molecule has 0 aromatic rings. The molecule has 108 valence electrons. The van der Waals surface area contributed by atoms with Crippen LogP contribution in [-0.4, -0.2) is 37.8 Å². The number of rotatable bonds is 9. The Balaban J connectivity index is 4.44. The Morgan fingerprint density at radius 3 is 2.50 bits per heavy atom. The fraction of sp³-hybridized carbons (Fsp3) is 0.778. The van der Waals surface area contributed by atoms with Crippen LogP contribution in [0.25, 0.3) is 0 Å². The van der Waals surface area contributed by atoms with Gasteiger partial charge in [-0.25, -0.2) is 4.57 Å². The molecule has 2 N–H and O–H groups in total. The molecule has 0 aliphatic heterocycles. The van der Waals surface area contributed by atoms with E-state index in [4.69, 9.17) is 33.0 Å². The van der Waals surface area contributed by atoms with E-state index in [-0.39, 0.29) is 16.8 Å². The van der Waals surface area contributed by atoms with Crippen LogP contribution in [0.3, 0.4) is 0 Å². The van der Waals surface area contributed by atoms with Crippen molar-refractivity contribution in [2.24, 2.45) is 0 Å². The van der Waals surface area contributed by atoms with Gasteiger partial charge in [0.2, 0.25) is 0 Å². The molecule has 0 aromatic carbocycles. The lowest BCUT2D eigenvalue weighted by Crippen LogP contribution is -2.08. The van der Waals surface area contributed by atoms with Crippen LogP contribution >= 0.6 is 62.9 Å². The molecule has 0 heterocycles. The Morgan fingerprint density at radius 1 is 1.44 bits per heavy atom. The van der Waals surface area contributed by atoms with E-state index in [1.807, 2.05) is 0 Å². The lowest BCUT2D eigenvalue weighted by Gasteiger charge is -2.13. The van der Waals surface area contributed by atoms with Gasteiger partial charge in [0, 0.05) is 16.0 Å². The summed E-state index contributed by atoms with van der Waals surface area (Å²) in [6, 6.07) is 0. The molecule has 2 unspecified atom stereocenters. The first-order chi connectivity index (χ1) is 8.28. The Morgan fingerprint density at radius 2 is 2.06 bits per heavy atom. The van der Waals surface area contributed by atoms with E-state index >= 15 is 0 Å². The second-order valence-corrected chi connectivity index (χ2v) is 7.67. The Kier molecular flexibility index (Phi) is 11.0. The number of hydrogen-bond acceptors (Lipinski definition) is 2. The molecule has 0 saturated carbocycles. The Bertz CT molecular complexity index is 297. The third-order valence-corrected chi connectivity index (χ3v) is 5.54. The van der Waals surface area contributed by atoms with Gasteiger partial charge in [0.05, 0.1) is 12.0 Å². The average molecular weight is 449 g/mol. The maximum Gasteiger partial charge on any atom is 0.469 e. The van der Waals surface area contributed by atoms with Crippen molar-refractivity contribution in [3.8, 4) is 0 Å². The van der Waals surface area contributed by atoms with Crippen molar-refractivity contribution >= 4 is 62.9 Å². The molecule has 2 atom stereocenters. The minimum atomic E-state index is -4.43. The predicted octanol–water partition coefficient (Wildman–Crippen LogP) is 3.81. The second-order valence-electron chi connectivity index (χ2n) is 3.56. The van der Waals surface area contributed by atoms with Crippen molar-refractivity contribution in [3.63, 3.8) is 0 Å². The summed E-state index contributed by atoms with van der Waals surface area (Å²) >= 11 is 18.4. The van der Waals surface area contributed by atoms with Crippen molar-refractivity contribution in [2.45, 2.75) is 23.0 Å². The van der Waals surface area contributed by atoms with Crippen molar-refractivity contribution < 1.29 is 18.9 Å². The average Bonchev–Trinajstić information content (AvgIpc) is 2.26. The van der Waals surface area contributed by atoms with Crippen LogP contribution in [0.2, 0.25) is 0 Å². The van der Waals surface area contributed by atoms with Crippen LogP contribution in [0.4, 0.5) is 0 Å². The molecule has 0 amide bonds. The monoisotopic (exact) mass is 446 g/mol. The Hall–Kier alpha value is 1.39. The van der Waals surface area contributed by atoms with Gasteiger partial charge in [0.15, 0.2) is 0 Å². The van der Waals surface area contributed by atoms with Gasteiger partial charge in [-0.05, 0) is 12.8 Å². The Labute approximate surface area is 134 Å². The van der Waals surface area contributed by atoms with Crippen molar-refractivity contribution in [3.05, 3.63) is 11.6 Å². The fourth-order valence-electron chi connectivity index (χ4n) is 1.18. The van der Waals surface area contributed by atoms with Crippen LogP contribution in [0.15, 0.2) is 11.6 Å². The zero-order valence-electron chi connectivity index (χ0n) is 9.44. The van der Waals surface area contributed by atoms with Crippen LogP contribution in [0, 0.1) is 0 Å². The number of allylic oxidation sites excluding steroid dienone is 1. The molecule has 0 saturated heterocycles. The third-order valence-electron chi connectivity index (χ3n) is 1.92. The summed E-state index contributed by atoms with van der Waals surface area (Å²) in [5.74, 6) is 0.319. The van der Waals surface area contributed by atoms with E-state index < -0.39 is 7.82 Å². The molecule has 0 aliphatic carbocycles. The summed E-state index contributed by atoms with van der Waals surface area (Å²) in [7, 11) is -4.43. The molecule has 9 heteroatoms. The molecule has 0 bridgehead atoms. The highest BCUT2D eigenvalue weighted by Gasteiger charge is 2.14. The quantitative estimate of drug-likeness (QED) is 0.320. The zero-order valence-corrected chi connectivity index (χ0v) is 15.0. The first-order valence-electron chi connectivity index (χ1n) is 5.06. The standard InChI is InChI=1S/C9H15Br2Cl2O4P/c10-5-8(11)3-7(4-9(13)6-12)1-2-17-18(14,15)16/h1,8-9H,2-6H2,(H2,14,15,16). The van der Waals surface area contributed by atoms with E-state index in [1.165, 1.54) is 0 Å². The normalized spacial score (nSPS) is 16.7. The molecule has 0 aromatic heterocycles. The third kappa shape index (κ3) is 11.2. The van der Waals surface area contributed by atoms with Crippen LogP contribution in [0.5, 0.6) is 0 Å². The smallest absolute Gasteiger partial charge is 0.303 e. The minimum absolute atomic E-state index is 0.145. The van der Waals surface area contributed by atoms with E-state index in [1.54, 1.807) is 6.08 Å². The first kappa shape index (κ1) is 19.4. The summed E-state index contributed by atoms with van der Waals surface area (Å²) in [4.78, 5) is 17.4. The van der Waals surface area contributed by atoms with Crippen molar-refractivity contribution in [2.75, 3.05) is 17.8 Å². The highest BCUT2D eigenvalue weighted by Crippen LogP contribution is 2.35. The summed E-state index contributed by atoms with van der Waals surface area (Å²) < 4.78 is 14.9. The molecular formula is C9H15Br2Cl2O4P. The zero-order chi connectivity index (χ0) is 14.2. The number of alkyl halides is 4. The number of phosphoric ester groups is 1. The van der Waals surface area contributed by atoms with Gasteiger partial charge in [0.25, 0.3) is 0 Å². The second kappa shape index (κ2) is 10.2. The van der Waals surface area contributed by atoms with Crippen molar-refractivity contribution in [1.29, 1.82) is 0 Å². The van der Waals surface area contributed by atoms with E-state index in [0.717, 1.165) is 10.9 Å². The maximum atomic E-state index is 10.5. The van der Waals surface area contributed by atoms with E-state index in [9.17, 15) is 4.57 Å². The van der Waals surface area contributed by atoms with Gasteiger partial charge in [0.1, 0.15) is 0 Å². The molecule has 4 nitrogen and oxygen atoms in total. The first-order valence-corrected chi connectivity index (χ1v) is 9.60. The predicted molar refractivity (Wildman–Crippen MR) is 82.2 cm³/mol. The topological polar surface area (TPSA) is 66.8 Å². The number of hydrogen-bond donors (Lipinski definition) is 2. The van der Waals surface area contributed by atoms with Gasteiger partial charge in [-0.2, -0.15) is 0 Å². The molecule has 0 fully saturated rings. The van der Waals surface area contributed by atoms with Gasteiger partial charge < -0.3 is 9.79 Å². The SMILES string of the molecule is O=P(O)(O)OCC=C(CC(Cl)CCl)CC(Br)CBr. The maximum absolute atomic E-state index is 10.5. The summed E-state index contributed by atoms with van der Waals surface area (Å²) in [6.45, 7) is -0.145. The van der Waals surface area contributed by atoms with Crippen LogP contribution in [-0.2, 0) is 9.09 Å². The molecule has 0 rings (SSSR count). The number of phosphoric acid groups is 1. The summed E-state index contributed by atoms with van der Waals surface area (Å²) in [5, 5.41) is 0.556. The molecule has 18 heavy (non-hydrogen) atoms. The largest absolute Gasteiger partial charge is 0.469 e. The fourth-order valence-corrected chi connectivity index (χ4v) is 2.40. The summed E-state index contributed by atoms with van der Waals surface area (Å²) in [6.07, 6.45) is 2.90. The van der Waals surface area contributed by atoms with Crippen molar-refractivity contribution in [1.82, 2.24) is 0 Å². The molecular weight excluding hydrogens is 434 g/mol. The van der Waals surface area contributed by atoms with E-state index in [2.05, 4.69) is 36.4 Å². The lowest BCUT2D eigenvalue weighted by molar-refractivity contribution is 0.215. The highest BCUT2D eigenvalue weighted by molar-refractivity contribution is 9.12. The van der Waals surface area contributed by atoms with Crippen LogP contribution < -0.4 is 0 Å². The van der Waals surface area contributed by atoms with Gasteiger partial charge in [-0.3, -0.25) is 4.52 Å². The van der Waals surface area contributed by atoms with E-state index in [0.29, 0.717) is 18.7 Å². The van der Waals surface area contributed by atoms with Gasteiger partial charge in [-0.15, -0.1) is 23.2 Å². The van der Waals surface area contributed by atoms with Gasteiger partial charge >= 0.3 is 7.82 Å². The minimum Gasteiger partial charge on any atom is -0.303 e. The summed E-state index contributed by atoms with van der Waals surface area (Å²) in [5.41, 5.74) is 0.949. The molecule has 0 spiro atoms. The lowest BCUT2D eigenvalue weighted by atomic mass is 10.1. The van der Waals surface area contributed by atoms with Gasteiger partial charge in [-0.1, -0.05) is 43.5 Å². The molecule has 0 aliphatic rings.